The van der Waals surface area contributed by atoms with Crippen molar-refractivity contribution in [3.05, 3.63) is 0 Å². The van der Waals surface area contributed by atoms with E-state index in [-0.39, 0.29) is 5.78 Å². The van der Waals surface area contributed by atoms with Crippen LogP contribution in [0.2, 0.25) is 0 Å². The van der Waals surface area contributed by atoms with Crippen molar-refractivity contribution in [1.82, 2.24) is 0 Å². The highest BCUT2D eigenvalue weighted by Gasteiger charge is 2.42. The lowest BCUT2D eigenvalue weighted by Crippen LogP contribution is -2.38. The van der Waals surface area contributed by atoms with Crippen LogP contribution in [0, 0.1) is 5.41 Å². The van der Waals surface area contributed by atoms with Crippen LogP contribution in [0.3, 0.4) is 0 Å². The molecule has 1 aliphatic carbocycles. The van der Waals surface area contributed by atoms with E-state index in [2.05, 4.69) is 0 Å². The number of Topliss-reactive ketones (excluding diaryl/α,β-unsaturated/α-hetero) is 1. The highest BCUT2D eigenvalue weighted by molar-refractivity contribution is 5.98. The summed E-state index contributed by atoms with van der Waals surface area (Å²) in [6, 6.07) is 0. The number of ketones is 1. The molecule has 56 valence electrons. The fraction of sp³-hybridized carbons (Fsp3) is 0.750. The van der Waals surface area contributed by atoms with E-state index in [4.69, 9.17) is 0 Å². The first-order valence-electron chi connectivity index (χ1n) is 3.75. The standard InChI is InChI=1S/C8H12O2/c1-2-7(10)8(6-9)4-3-5-8/h6H,2-5H2,1H3. The number of hydrogen-bond acceptors (Lipinski definition) is 2. The minimum Gasteiger partial charge on any atom is -0.302 e. The Bertz CT molecular complexity index is 157. The van der Waals surface area contributed by atoms with E-state index in [0.717, 1.165) is 25.5 Å². The van der Waals surface area contributed by atoms with Crippen LogP contribution in [0.1, 0.15) is 32.6 Å². The lowest BCUT2D eigenvalue weighted by molar-refractivity contribution is -0.139. The van der Waals surface area contributed by atoms with Gasteiger partial charge in [-0.05, 0) is 12.8 Å². The Labute approximate surface area is 60.6 Å². The summed E-state index contributed by atoms with van der Waals surface area (Å²) in [5, 5.41) is 0. The SMILES string of the molecule is CCC(=O)C1(C=O)CCC1. The average molecular weight is 140 g/mol. The monoisotopic (exact) mass is 140 g/mol. The van der Waals surface area contributed by atoms with Gasteiger partial charge in [-0.3, -0.25) is 4.79 Å². The van der Waals surface area contributed by atoms with Gasteiger partial charge in [0.05, 0.1) is 5.41 Å². The molecule has 0 aromatic rings. The molecule has 0 aromatic heterocycles. The molecule has 1 fully saturated rings. The van der Waals surface area contributed by atoms with Crippen LogP contribution in [0.15, 0.2) is 0 Å². The third-order valence-electron chi connectivity index (χ3n) is 2.35. The summed E-state index contributed by atoms with van der Waals surface area (Å²) in [6.07, 6.45) is 3.93. The van der Waals surface area contributed by atoms with Crippen molar-refractivity contribution in [1.29, 1.82) is 0 Å². The summed E-state index contributed by atoms with van der Waals surface area (Å²) < 4.78 is 0. The van der Waals surface area contributed by atoms with Crippen LogP contribution in [0.25, 0.3) is 0 Å². The van der Waals surface area contributed by atoms with E-state index in [1.165, 1.54) is 0 Å². The molecule has 0 heterocycles. The Morgan fingerprint density at radius 3 is 2.30 bits per heavy atom. The molecule has 0 spiro atoms. The van der Waals surface area contributed by atoms with Crippen molar-refractivity contribution in [2.45, 2.75) is 32.6 Å². The molecule has 0 aromatic carbocycles. The molecule has 0 aliphatic heterocycles. The Kier molecular flexibility index (Phi) is 1.88. The van der Waals surface area contributed by atoms with Crippen LogP contribution in [-0.4, -0.2) is 12.1 Å². The quantitative estimate of drug-likeness (QED) is 0.438. The number of rotatable bonds is 3. The van der Waals surface area contributed by atoms with E-state index in [1.54, 1.807) is 0 Å². The summed E-state index contributed by atoms with van der Waals surface area (Å²) in [4.78, 5) is 21.6. The Balaban J connectivity index is 2.64. The van der Waals surface area contributed by atoms with E-state index >= 15 is 0 Å². The molecule has 0 saturated heterocycles. The third-order valence-corrected chi connectivity index (χ3v) is 2.35. The second-order valence-corrected chi connectivity index (χ2v) is 2.90. The summed E-state index contributed by atoms with van der Waals surface area (Å²) in [6.45, 7) is 1.81. The molecule has 0 radical (unpaired) electrons. The molecule has 0 unspecified atom stereocenters. The van der Waals surface area contributed by atoms with Crippen molar-refractivity contribution in [3.8, 4) is 0 Å². The Hall–Kier alpha value is -0.660. The number of carbonyl (C=O) groups is 2. The van der Waals surface area contributed by atoms with Gasteiger partial charge >= 0.3 is 0 Å². The minimum absolute atomic E-state index is 0.119. The van der Waals surface area contributed by atoms with E-state index in [1.807, 2.05) is 6.92 Å². The van der Waals surface area contributed by atoms with Crippen molar-refractivity contribution < 1.29 is 9.59 Å². The molecule has 0 bridgehead atoms. The fourth-order valence-corrected chi connectivity index (χ4v) is 1.37. The van der Waals surface area contributed by atoms with Gasteiger partial charge < -0.3 is 4.79 Å². The van der Waals surface area contributed by atoms with Gasteiger partial charge in [0.15, 0.2) is 0 Å². The summed E-state index contributed by atoms with van der Waals surface area (Å²) in [5.74, 6) is 0.119. The highest BCUT2D eigenvalue weighted by atomic mass is 16.1. The molecule has 0 amide bonds. The second kappa shape index (κ2) is 2.52. The zero-order chi connectivity index (χ0) is 7.61. The number of hydrogen-bond donors (Lipinski definition) is 0. The zero-order valence-electron chi connectivity index (χ0n) is 6.22. The molecule has 1 saturated carbocycles. The maximum absolute atomic E-state index is 11.1. The predicted octanol–water partition coefficient (Wildman–Crippen LogP) is 1.33. The van der Waals surface area contributed by atoms with Crippen LogP contribution < -0.4 is 0 Å². The van der Waals surface area contributed by atoms with Gasteiger partial charge in [0, 0.05) is 6.42 Å². The smallest absolute Gasteiger partial charge is 0.145 e. The van der Waals surface area contributed by atoms with E-state index < -0.39 is 5.41 Å². The van der Waals surface area contributed by atoms with Gasteiger partial charge in [0.25, 0.3) is 0 Å². The first-order chi connectivity index (χ1) is 4.75. The molecule has 10 heavy (non-hydrogen) atoms. The van der Waals surface area contributed by atoms with Gasteiger partial charge in [-0.25, -0.2) is 0 Å². The number of carbonyl (C=O) groups excluding carboxylic acids is 2. The van der Waals surface area contributed by atoms with Gasteiger partial charge in [-0.2, -0.15) is 0 Å². The van der Waals surface area contributed by atoms with Crippen molar-refractivity contribution >= 4 is 12.1 Å². The molecule has 1 rings (SSSR count). The molecule has 2 nitrogen and oxygen atoms in total. The predicted molar refractivity (Wildman–Crippen MR) is 37.6 cm³/mol. The first kappa shape index (κ1) is 7.45. The maximum Gasteiger partial charge on any atom is 0.145 e. The first-order valence-corrected chi connectivity index (χ1v) is 3.75. The second-order valence-electron chi connectivity index (χ2n) is 2.90. The molecular formula is C8H12O2. The summed E-state index contributed by atoms with van der Waals surface area (Å²) in [5.41, 5.74) is -0.547. The summed E-state index contributed by atoms with van der Waals surface area (Å²) >= 11 is 0. The molecule has 1 aliphatic rings. The third kappa shape index (κ3) is 0.877. The highest BCUT2D eigenvalue weighted by Crippen LogP contribution is 2.40. The Morgan fingerprint density at radius 2 is 2.20 bits per heavy atom. The minimum atomic E-state index is -0.547. The van der Waals surface area contributed by atoms with Crippen LogP contribution in [0.4, 0.5) is 0 Å². The Morgan fingerprint density at radius 1 is 1.60 bits per heavy atom. The lowest BCUT2D eigenvalue weighted by Gasteiger charge is -2.34. The lowest BCUT2D eigenvalue weighted by atomic mass is 9.66. The van der Waals surface area contributed by atoms with E-state index in [9.17, 15) is 9.59 Å². The van der Waals surface area contributed by atoms with Crippen LogP contribution in [0.5, 0.6) is 0 Å². The zero-order valence-corrected chi connectivity index (χ0v) is 6.22. The van der Waals surface area contributed by atoms with Gasteiger partial charge in [-0.15, -0.1) is 0 Å². The molecule has 0 atom stereocenters. The van der Waals surface area contributed by atoms with Crippen LogP contribution in [-0.2, 0) is 9.59 Å². The van der Waals surface area contributed by atoms with Crippen molar-refractivity contribution in [3.63, 3.8) is 0 Å². The van der Waals surface area contributed by atoms with E-state index in [0.29, 0.717) is 6.42 Å². The largest absolute Gasteiger partial charge is 0.302 e. The number of aldehydes is 1. The molecule has 0 N–H and O–H groups in total. The van der Waals surface area contributed by atoms with Gasteiger partial charge in [0.2, 0.25) is 0 Å². The average Bonchev–Trinajstić information content (AvgIpc) is 1.86. The molecular weight excluding hydrogens is 128 g/mol. The fourth-order valence-electron chi connectivity index (χ4n) is 1.37. The maximum atomic E-state index is 11.1. The van der Waals surface area contributed by atoms with Crippen molar-refractivity contribution in [2.75, 3.05) is 0 Å². The topological polar surface area (TPSA) is 34.1 Å². The molecule has 2 heteroatoms. The van der Waals surface area contributed by atoms with Gasteiger partial charge in [0.1, 0.15) is 12.1 Å². The van der Waals surface area contributed by atoms with Crippen molar-refractivity contribution in [2.24, 2.45) is 5.41 Å². The normalized spacial score (nSPS) is 21.3. The van der Waals surface area contributed by atoms with Crippen LogP contribution >= 0.6 is 0 Å². The summed E-state index contributed by atoms with van der Waals surface area (Å²) in [7, 11) is 0. The van der Waals surface area contributed by atoms with Gasteiger partial charge in [-0.1, -0.05) is 13.3 Å².